The van der Waals surface area contributed by atoms with Crippen molar-refractivity contribution in [3.63, 3.8) is 0 Å². The average Bonchev–Trinajstić information content (AvgIpc) is 3.14. The zero-order valence-electron chi connectivity index (χ0n) is 18.7. The number of amides is 1. The molecule has 1 aliphatic rings. The van der Waals surface area contributed by atoms with Gasteiger partial charge in [0.05, 0.1) is 12.7 Å². The van der Waals surface area contributed by atoms with E-state index in [1.807, 2.05) is 66.7 Å². The Morgan fingerprint density at radius 3 is 1.97 bits per heavy atom. The molecule has 0 bridgehead atoms. The fourth-order valence-corrected chi connectivity index (χ4v) is 4.05. The maximum atomic E-state index is 12.5. The maximum Gasteiger partial charge on any atom is 0.407 e. The summed E-state index contributed by atoms with van der Waals surface area (Å²) in [5.74, 6) is -1.28. The van der Waals surface area contributed by atoms with Gasteiger partial charge in [0.25, 0.3) is 0 Å². The Morgan fingerprint density at radius 1 is 0.882 bits per heavy atom. The van der Waals surface area contributed by atoms with E-state index in [4.69, 9.17) is 9.47 Å². The average molecular weight is 500 g/mol. The minimum atomic E-state index is -1.23. The third-order valence-corrected chi connectivity index (χ3v) is 5.71. The van der Waals surface area contributed by atoms with Gasteiger partial charge in [-0.05, 0) is 34.7 Å². The normalized spacial score (nSPS) is 13.3. The quantitative estimate of drug-likeness (QED) is 0.465. The van der Waals surface area contributed by atoms with Crippen LogP contribution in [0.25, 0.3) is 11.1 Å². The predicted octanol–water partition coefficient (Wildman–Crippen LogP) is 4.81. The smallest absolute Gasteiger partial charge is 0.407 e. The summed E-state index contributed by atoms with van der Waals surface area (Å²) in [5.41, 5.74) is 5.36. The second kappa shape index (κ2) is 12.5. The monoisotopic (exact) mass is 499 g/mol. The van der Waals surface area contributed by atoms with Gasteiger partial charge < -0.3 is 19.9 Å². The van der Waals surface area contributed by atoms with Crippen molar-refractivity contribution in [3.8, 4) is 11.1 Å². The Hall–Kier alpha value is -2.94. The van der Waals surface area contributed by atoms with Crippen molar-refractivity contribution >= 4 is 39.1 Å². The second-order valence-electron chi connectivity index (χ2n) is 7.79. The summed E-state index contributed by atoms with van der Waals surface area (Å²) in [6.07, 6.45) is -1.53. The number of carbonyl (C=O) groups excluding carboxylic acids is 1. The molecule has 0 saturated heterocycles. The van der Waals surface area contributed by atoms with E-state index in [-0.39, 0.29) is 46.1 Å². The number of aliphatic carboxylic acids is 1. The number of hydrogen-bond donors (Lipinski definition) is 2. The Bertz CT molecular complexity index is 1060. The fraction of sp³-hybridized carbons (Fsp3) is 0.231. The van der Waals surface area contributed by atoms with Crippen LogP contribution in [0.2, 0.25) is 0 Å². The van der Waals surface area contributed by atoms with Gasteiger partial charge in [-0.15, -0.1) is 0 Å². The molecule has 0 heterocycles. The van der Waals surface area contributed by atoms with Gasteiger partial charge in [0.15, 0.2) is 6.04 Å². The highest BCUT2D eigenvalue weighted by Gasteiger charge is 2.31. The third kappa shape index (κ3) is 6.14. The molecule has 3 aromatic carbocycles. The van der Waals surface area contributed by atoms with Crippen molar-refractivity contribution in [2.45, 2.75) is 31.6 Å². The Balaban J connectivity index is 0.00000204. The molecule has 0 radical (unpaired) electrons. The van der Waals surface area contributed by atoms with Crippen molar-refractivity contribution in [1.82, 2.24) is 5.32 Å². The molecule has 0 saturated carbocycles. The molecule has 1 aliphatic carbocycles. The van der Waals surface area contributed by atoms with Gasteiger partial charge in [0.2, 0.25) is 0 Å². The van der Waals surface area contributed by atoms with Gasteiger partial charge in [-0.2, -0.15) is 27.0 Å². The molecule has 34 heavy (non-hydrogen) atoms. The lowest BCUT2D eigenvalue weighted by atomic mass is 9.98. The van der Waals surface area contributed by atoms with E-state index < -0.39 is 24.2 Å². The van der Waals surface area contributed by atoms with Crippen LogP contribution in [0.1, 0.15) is 29.5 Å². The van der Waals surface area contributed by atoms with E-state index in [1.54, 1.807) is 6.92 Å². The van der Waals surface area contributed by atoms with Crippen LogP contribution in [0.5, 0.6) is 0 Å². The topological polar surface area (TPSA) is 84.9 Å². The number of ether oxygens (including phenoxy) is 2. The number of fused-ring (bicyclic) bond motifs is 3. The number of nitrogens with one attached hydrogen (secondary N) is 1. The first kappa shape index (κ1) is 27.3. The molecule has 6 nitrogen and oxygen atoms in total. The van der Waals surface area contributed by atoms with Crippen LogP contribution in [-0.2, 0) is 20.9 Å². The van der Waals surface area contributed by atoms with Crippen LogP contribution in [0.15, 0.2) is 78.9 Å². The van der Waals surface area contributed by atoms with Gasteiger partial charge in [0.1, 0.15) is 6.61 Å². The van der Waals surface area contributed by atoms with Gasteiger partial charge in [-0.1, -0.05) is 78.9 Å². The van der Waals surface area contributed by atoms with E-state index in [2.05, 4.69) is 17.4 Å². The van der Waals surface area contributed by atoms with E-state index >= 15 is 0 Å². The molecule has 1 amide bonds. The summed E-state index contributed by atoms with van der Waals surface area (Å²) in [6.45, 7) is 1.98. The van der Waals surface area contributed by atoms with Gasteiger partial charge in [-0.25, -0.2) is 9.59 Å². The maximum absolute atomic E-state index is 12.5. The fourth-order valence-electron chi connectivity index (χ4n) is 4.05. The highest BCUT2D eigenvalue weighted by molar-refractivity contribution is 7.59. The summed E-state index contributed by atoms with van der Waals surface area (Å²) in [6, 6.07) is 24.3. The number of hydrogen-bond acceptors (Lipinski definition) is 4. The number of carboxylic acids is 1. The molecule has 0 fully saturated rings. The molecular weight excluding hydrogens is 470 g/mol. The molecule has 0 spiro atoms. The van der Waals surface area contributed by atoms with Gasteiger partial charge >= 0.3 is 12.1 Å². The van der Waals surface area contributed by atoms with Crippen molar-refractivity contribution in [3.05, 3.63) is 95.6 Å². The SMILES string of the molecule is C[C@H](OCc1ccccc1)[C@H](NC(=O)OCC1c2ccccc2-c2ccccc21)C(=O)O.S.S. The molecule has 4 rings (SSSR count). The van der Waals surface area contributed by atoms with Crippen LogP contribution in [0.4, 0.5) is 4.79 Å². The van der Waals surface area contributed by atoms with Crippen LogP contribution >= 0.6 is 27.0 Å². The molecule has 0 unspecified atom stereocenters. The highest BCUT2D eigenvalue weighted by atomic mass is 32.1. The lowest BCUT2D eigenvalue weighted by molar-refractivity contribution is -0.143. The molecule has 3 aromatic rings. The first-order chi connectivity index (χ1) is 15.5. The molecule has 0 aliphatic heterocycles. The molecule has 8 heteroatoms. The predicted molar refractivity (Wildman–Crippen MR) is 141 cm³/mol. The van der Waals surface area contributed by atoms with Crippen molar-refractivity contribution in [1.29, 1.82) is 0 Å². The van der Waals surface area contributed by atoms with Gasteiger partial charge in [-0.3, -0.25) is 0 Å². The Morgan fingerprint density at radius 2 is 1.41 bits per heavy atom. The van der Waals surface area contributed by atoms with Crippen LogP contribution < -0.4 is 5.32 Å². The third-order valence-electron chi connectivity index (χ3n) is 5.71. The number of carboxylic acid groups (broad SMARTS) is 1. The first-order valence-corrected chi connectivity index (χ1v) is 10.5. The zero-order chi connectivity index (χ0) is 22.5. The number of rotatable bonds is 8. The summed E-state index contributed by atoms with van der Waals surface area (Å²) in [4.78, 5) is 24.2. The number of alkyl carbamates (subject to hydrolysis) is 1. The lowest BCUT2D eigenvalue weighted by Crippen LogP contribution is -2.48. The molecular formula is C26H29NO5S2. The second-order valence-corrected chi connectivity index (χ2v) is 7.79. The standard InChI is InChI=1S/C26H25NO5.2H2S/c1-17(31-15-18-9-3-2-4-10-18)24(25(28)29)27-26(30)32-16-23-21-13-7-5-11-19(21)20-12-6-8-14-22(20)23;;/h2-14,17,23-24H,15-16H2,1H3,(H,27,30)(H,28,29);2*1H2/t17-,24-;;/m0../s1. The molecule has 180 valence electrons. The van der Waals surface area contributed by atoms with E-state index in [1.165, 1.54) is 0 Å². The van der Waals surface area contributed by atoms with Crippen molar-refractivity contribution in [2.24, 2.45) is 0 Å². The lowest BCUT2D eigenvalue weighted by Gasteiger charge is -2.22. The molecule has 0 aromatic heterocycles. The summed E-state index contributed by atoms with van der Waals surface area (Å²) >= 11 is 0. The highest BCUT2D eigenvalue weighted by Crippen LogP contribution is 2.44. The van der Waals surface area contributed by atoms with Crippen LogP contribution in [0.3, 0.4) is 0 Å². The van der Waals surface area contributed by atoms with E-state index in [0.29, 0.717) is 0 Å². The number of benzene rings is 3. The van der Waals surface area contributed by atoms with Gasteiger partial charge in [0, 0.05) is 5.92 Å². The number of carbonyl (C=O) groups is 2. The van der Waals surface area contributed by atoms with E-state index in [0.717, 1.165) is 27.8 Å². The molecule has 2 N–H and O–H groups in total. The minimum Gasteiger partial charge on any atom is -0.480 e. The minimum absolute atomic E-state index is 0. The summed E-state index contributed by atoms with van der Waals surface area (Å²) in [7, 11) is 0. The summed E-state index contributed by atoms with van der Waals surface area (Å²) < 4.78 is 11.1. The van der Waals surface area contributed by atoms with Crippen LogP contribution in [-0.4, -0.2) is 35.9 Å². The Labute approximate surface area is 213 Å². The molecule has 2 atom stereocenters. The van der Waals surface area contributed by atoms with Crippen molar-refractivity contribution < 1.29 is 24.2 Å². The Kier molecular flexibility index (Phi) is 10.0. The van der Waals surface area contributed by atoms with E-state index in [9.17, 15) is 14.7 Å². The van der Waals surface area contributed by atoms with Crippen molar-refractivity contribution in [2.75, 3.05) is 6.61 Å². The largest absolute Gasteiger partial charge is 0.480 e. The summed E-state index contributed by atoms with van der Waals surface area (Å²) in [5, 5.41) is 12.0. The first-order valence-electron chi connectivity index (χ1n) is 10.5. The zero-order valence-corrected chi connectivity index (χ0v) is 20.7. The van der Waals surface area contributed by atoms with Crippen LogP contribution in [0, 0.1) is 0 Å².